The highest BCUT2D eigenvalue weighted by Gasteiger charge is 2.15. The molecule has 1 atom stereocenters. The van der Waals surface area contributed by atoms with Gasteiger partial charge in [-0.15, -0.1) is 0 Å². The number of hydrogen-bond donors (Lipinski definition) is 1. The van der Waals surface area contributed by atoms with E-state index in [1.165, 1.54) is 12.8 Å². The summed E-state index contributed by atoms with van der Waals surface area (Å²) in [7, 11) is 0. The van der Waals surface area contributed by atoms with Crippen molar-refractivity contribution in [3.05, 3.63) is 11.7 Å². The molecule has 0 aliphatic carbocycles. The van der Waals surface area contributed by atoms with Gasteiger partial charge in [-0.05, 0) is 25.7 Å². The van der Waals surface area contributed by atoms with Gasteiger partial charge in [0.25, 0.3) is 0 Å². The van der Waals surface area contributed by atoms with E-state index in [2.05, 4.69) is 29.3 Å². The summed E-state index contributed by atoms with van der Waals surface area (Å²) >= 11 is 0. The molecule has 5 heteroatoms. The maximum absolute atomic E-state index is 5.68. The van der Waals surface area contributed by atoms with Gasteiger partial charge >= 0.3 is 0 Å². The number of ether oxygens (including phenoxy) is 1. The van der Waals surface area contributed by atoms with Crippen LogP contribution in [0.1, 0.15) is 51.2 Å². The zero-order valence-corrected chi connectivity index (χ0v) is 11.3. The van der Waals surface area contributed by atoms with Crippen LogP contribution in [-0.2, 0) is 17.7 Å². The fourth-order valence-electron chi connectivity index (χ4n) is 2.08. The second kappa shape index (κ2) is 6.85. The topological polar surface area (TPSA) is 60.2 Å². The van der Waals surface area contributed by atoms with Crippen LogP contribution in [0.2, 0.25) is 0 Å². The molecular weight excluding hydrogens is 230 g/mol. The van der Waals surface area contributed by atoms with Crippen molar-refractivity contribution in [2.45, 2.75) is 64.6 Å². The molecule has 1 saturated heterocycles. The van der Waals surface area contributed by atoms with Crippen molar-refractivity contribution < 1.29 is 9.26 Å². The standard InChI is InChI=1S/C13H23N3O2/c1-10(2)14-9-12-15-13(18-16-12)7-6-11-5-3-4-8-17-11/h10-11,14H,3-9H2,1-2H3. The van der Waals surface area contributed by atoms with Crippen molar-refractivity contribution >= 4 is 0 Å². The van der Waals surface area contributed by atoms with E-state index in [0.29, 0.717) is 18.7 Å². The monoisotopic (exact) mass is 253 g/mol. The summed E-state index contributed by atoms with van der Waals surface area (Å²) in [5.41, 5.74) is 0. The largest absolute Gasteiger partial charge is 0.378 e. The molecule has 1 aromatic heterocycles. The van der Waals surface area contributed by atoms with E-state index in [1.807, 2.05) is 0 Å². The fourth-order valence-corrected chi connectivity index (χ4v) is 2.08. The summed E-state index contributed by atoms with van der Waals surface area (Å²) in [4.78, 5) is 4.37. The molecule has 0 radical (unpaired) electrons. The Morgan fingerprint density at radius 3 is 3.00 bits per heavy atom. The molecule has 0 aromatic carbocycles. The molecular formula is C13H23N3O2. The van der Waals surface area contributed by atoms with Gasteiger partial charge in [-0.2, -0.15) is 4.98 Å². The first-order valence-electron chi connectivity index (χ1n) is 6.90. The zero-order chi connectivity index (χ0) is 12.8. The minimum atomic E-state index is 0.378. The first kappa shape index (κ1) is 13.5. The van der Waals surface area contributed by atoms with Crippen LogP contribution in [0.5, 0.6) is 0 Å². The molecule has 18 heavy (non-hydrogen) atoms. The Kier molecular flexibility index (Phi) is 5.13. The third-order valence-electron chi connectivity index (χ3n) is 3.13. The van der Waals surface area contributed by atoms with E-state index in [4.69, 9.17) is 9.26 Å². The van der Waals surface area contributed by atoms with Gasteiger partial charge in [0.1, 0.15) is 0 Å². The zero-order valence-electron chi connectivity index (χ0n) is 11.3. The Labute approximate surface area is 108 Å². The van der Waals surface area contributed by atoms with Gasteiger partial charge < -0.3 is 14.6 Å². The van der Waals surface area contributed by atoms with E-state index in [0.717, 1.165) is 37.6 Å². The van der Waals surface area contributed by atoms with Gasteiger partial charge in [-0.3, -0.25) is 0 Å². The highest BCUT2D eigenvalue weighted by Crippen LogP contribution is 2.17. The number of nitrogens with one attached hydrogen (secondary N) is 1. The predicted octanol–water partition coefficient (Wildman–Crippen LogP) is 2.07. The lowest BCUT2D eigenvalue weighted by Crippen LogP contribution is -2.22. The molecule has 1 aliphatic rings. The first-order chi connectivity index (χ1) is 8.74. The number of aryl methyl sites for hydroxylation is 1. The van der Waals surface area contributed by atoms with E-state index < -0.39 is 0 Å². The van der Waals surface area contributed by atoms with Crippen molar-refractivity contribution in [2.75, 3.05) is 6.61 Å². The summed E-state index contributed by atoms with van der Waals surface area (Å²) in [6, 6.07) is 0.433. The third kappa shape index (κ3) is 4.38. The quantitative estimate of drug-likeness (QED) is 0.841. The van der Waals surface area contributed by atoms with E-state index in [9.17, 15) is 0 Å². The molecule has 0 saturated carbocycles. The van der Waals surface area contributed by atoms with Gasteiger partial charge in [-0.1, -0.05) is 19.0 Å². The number of rotatable bonds is 6. The van der Waals surface area contributed by atoms with Gasteiger partial charge in [0, 0.05) is 19.1 Å². The SMILES string of the molecule is CC(C)NCc1noc(CCC2CCCCO2)n1. The van der Waals surface area contributed by atoms with Gasteiger partial charge in [0.2, 0.25) is 5.89 Å². The lowest BCUT2D eigenvalue weighted by Gasteiger charge is -2.21. The van der Waals surface area contributed by atoms with Gasteiger partial charge in [0.05, 0.1) is 12.6 Å². The number of hydrogen-bond acceptors (Lipinski definition) is 5. The fraction of sp³-hybridized carbons (Fsp3) is 0.846. The average Bonchev–Trinajstić information content (AvgIpc) is 2.83. The molecule has 5 nitrogen and oxygen atoms in total. The Hall–Kier alpha value is -0.940. The molecule has 102 valence electrons. The Balaban J connectivity index is 1.72. The van der Waals surface area contributed by atoms with Gasteiger partial charge in [0.15, 0.2) is 5.82 Å². The van der Waals surface area contributed by atoms with Crippen molar-refractivity contribution in [1.82, 2.24) is 15.5 Å². The van der Waals surface area contributed by atoms with Crippen molar-refractivity contribution in [1.29, 1.82) is 0 Å². The Bertz CT molecular complexity index is 346. The average molecular weight is 253 g/mol. The molecule has 0 spiro atoms. The molecule has 1 fully saturated rings. The van der Waals surface area contributed by atoms with Crippen LogP contribution in [0.25, 0.3) is 0 Å². The van der Waals surface area contributed by atoms with Crippen LogP contribution >= 0.6 is 0 Å². The van der Waals surface area contributed by atoms with E-state index >= 15 is 0 Å². The predicted molar refractivity (Wildman–Crippen MR) is 68.2 cm³/mol. The lowest BCUT2D eigenvalue weighted by molar-refractivity contribution is 0.0104. The smallest absolute Gasteiger partial charge is 0.226 e. The minimum Gasteiger partial charge on any atom is -0.378 e. The first-order valence-corrected chi connectivity index (χ1v) is 6.90. The maximum atomic E-state index is 5.68. The molecule has 1 aromatic rings. The molecule has 2 heterocycles. The summed E-state index contributed by atoms with van der Waals surface area (Å²) in [5, 5.41) is 7.23. The van der Waals surface area contributed by atoms with Crippen LogP contribution in [0.3, 0.4) is 0 Å². The molecule has 2 rings (SSSR count). The molecule has 1 aliphatic heterocycles. The highest BCUT2D eigenvalue weighted by molar-refractivity contribution is 4.87. The summed E-state index contributed by atoms with van der Waals surface area (Å²) in [5.74, 6) is 1.47. The number of nitrogens with zero attached hydrogens (tertiary/aromatic N) is 2. The summed E-state index contributed by atoms with van der Waals surface area (Å²) < 4.78 is 10.9. The van der Waals surface area contributed by atoms with Crippen LogP contribution < -0.4 is 5.32 Å². The van der Waals surface area contributed by atoms with E-state index in [-0.39, 0.29) is 0 Å². The van der Waals surface area contributed by atoms with E-state index in [1.54, 1.807) is 0 Å². The minimum absolute atomic E-state index is 0.378. The van der Waals surface area contributed by atoms with Crippen LogP contribution in [0, 0.1) is 0 Å². The van der Waals surface area contributed by atoms with Crippen molar-refractivity contribution in [3.8, 4) is 0 Å². The highest BCUT2D eigenvalue weighted by atomic mass is 16.5. The number of aromatic nitrogens is 2. The maximum Gasteiger partial charge on any atom is 0.226 e. The van der Waals surface area contributed by atoms with Crippen LogP contribution in [-0.4, -0.2) is 28.9 Å². The summed E-state index contributed by atoms with van der Waals surface area (Å²) in [6.07, 6.45) is 5.82. The molecule has 1 N–H and O–H groups in total. The van der Waals surface area contributed by atoms with Gasteiger partial charge in [-0.25, -0.2) is 0 Å². The van der Waals surface area contributed by atoms with Crippen LogP contribution in [0.4, 0.5) is 0 Å². The molecule has 0 amide bonds. The van der Waals surface area contributed by atoms with Crippen molar-refractivity contribution in [2.24, 2.45) is 0 Å². The second-order valence-electron chi connectivity index (χ2n) is 5.17. The van der Waals surface area contributed by atoms with Crippen molar-refractivity contribution in [3.63, 3.8) is 0 Å². The van der Waals surface area contributed by atoms with Crippen LogP contribution in [0.15, 0.2) is 4.52 Å². The summed E-state index contributed by atoms with van der Waals surface area (Å²) in [6.45, 7) is 5.77. The normalized spacial score (nSPS) is 20.5. The second-order valence-corrected chi connectivity index (χ2v) is 5.17. The molecule has 0 bridgehead atoms. The third-order valence-corrected chi connectivity index (χ3v) is 3.13. The molecule has 1 unspecified atom stereocenters. The Morgan fingerprint density at radius 2 is 2.28 bits per heavy atom. The Morgan fingerprint density at radius 1 is 1.39 bits per heavy atom. The lowest BCUT2D eigenvalue weighted by atomic mass is 10.0.